The van der Waals surface area contributed by atoms with Crippen LogP contribution in [-0.2, 0) is 17.6 Å². The summed E-state index contributed by atoms with van der Waals surface area (Å²) in [5.41, 5.74) is 4.31. The first kappa shape index (κ1) is 26.8. The van der Waals surface area contributed by atoms with Gasteiger partial charge in [0.05, 0.1) is 11.6 Å². The number of rotatable bonds is 7. The summed E-state index contributed by atoms with van der Waals surface area (Å²) in [7, 11) is 4.10. The molecule has 2 aromatic carbocycles. The largest absolute Gasteiger partial charge is 0.362 e. The van der Waals surface area contributed by atoms with Gasteiger partial charge in [-0.3, -0.25) is 4.79 Å². The minimum Gasteiger partial charge on any atom is -0.362 e. The summed E-state index contributed by atoms with van der Waals surface area (Å²) in [6, 6.07) is 15.4. The maximum absolute atomic E-state index is 13.6. The lowest BCUT2D eigenvalue weighted by Crippen LogP contribution is -2.42. The number of nitrogens with zero attached hydrogens (tertiary/aromatic N) is 3. The molecule has 1 saturated carbocycles. The lowest BCUT2D eigenvalue weighted by Gasteiger charge is -2.31. The van der Waals surface area contributed by atoms with Gasteiger partial charge in [-0.05, 0) is 86.8 Å². The zero-order valence-electron chi connectivity index (χ0n) is 22.0. The van der Waals surface area contributed by atoms with Gasteiger partial charge in [-0.2, -0.15) is 4.98 Å². The van der Waals surface area contributed by atoms with Crippen molar-refractivity contribution in [3.05, 3.63) is 81.0 Å². The highest BCUT2D eigenvalue weighted by atomic mass is 35.5. The average molecular weight is 553 g/mol. The van der Waals surface area contributed by atoms with Crippen LogP contribution >= 0.6 is 23.2 Å². The first-order valence-corrected chi connectivity index (χ1v) is 14.3. The second-order valence-corrected chi connectivity index (χ2v) is 11.5. The molecular weight excluding hydrogens is 517 g/mol. The Kier molecular flexibility index (Phi) is 8.39. The van der Waals surface area contributed by atoms with Crippen molar-refractivity contribution in [2.24, 2.45) is 0 Å². The third-order valence-corrected chi connectivity index (χ3v) is 8.16. The highest BCUT2D eigenvalue weighted by Gasteiger charge is 2.28. The van der Waals surface area contributed by atoms with E-state index in [0.717, 1.165) is 61.4 Å². The number of hydrogen-bond acceptors (Lipinski definition) is 5. The molecule has 38 heavy (non-hydrogen) atoms. The number of carbonyl (C=O) groups excluding carboxylic acids is 1. The van der Waals surface area contributed by atoms with Crippen molar-refractivity contribution in [3.63, 3.8) is 0 Å². The summed E-state index contributed by atoms with van der Waals surface area (Å²) in [4.78, 5) is 25.4. The van der Waals surface area contributed by atoms with Crippen LogP contribution in [0.2, 0.25) is 10.0 Å². The van der Waals surface area contributed by atoms with E-state index in [4.69, 9.17) is 33.2 Å². The van der Waals surface area contributed by atoms with Gasteiger partial charge in [-0.25, -0.2) is 4.98 Å². The minimum atomic E-state index is -0.422. The fraction of sp³-hybridized carbons (Fsp3) is 0.433. The number of benzene rings is 2. The zero-order valence-corrected chi connectivity index (χ0v) is 23.5. The van der Waals surface area contributed by atoms with E-state index in [0.29, 0.717) is 16.1 Å². The fourth-order valence-corrected chi connectivity index (χ4v) is 5.92. The van der Waals surface area contributed by atoms with Crippen LogP contribution in [-0.4, -0.2) is 42.1 Å². The van der Waals surface area contributed by atoms with Crippen LogP contribution in [0, 0.1) is 0 Å². The lowest BCUT2D eigenvalue weighted by molar-refractivity contribution is -0.122. The Bertz CT molecular complexity index is 1210. The molecule has 1 heterocycles. The maximum atomic E-state index is 13.6. The molecule has 0 atom stereocenters. The Morgan fingerprint density at radius 2 is 1.39 bits per heavy atom. The van der Waals surface area contributed by atoms with Gasteiger partial charge < -0.3 is 15.5 Å². The zero-order chi connectivity index (χ0) is 26.6. The van der Waals surface area contributed by atoms with Crippen molar-refractivity contribution in [2.75, 3.05) is 24.3 Å². The van der Waals surface area contributed by atoms with E-state index in [1.165, 1.54) is 24.1 Å². The van der Waals surface area contributed by atoms with Gasteiger partial charge in [-0.1, -0.05) is 47.5 Å². The lowest BCUT2D eigenvalue weighted by atomic mass is 9.88. The number of anilines is 2. The van der Waals surface area contributed by atoms with Crippen LogP contribution in [0.1, 0.15) is 66.8 Å². The van der Waals surface area contributed by atoms with Crippen LogP contribution < -0.4 is 15.5 Å². The van der Waals surface area contributed by atoms with E-state index in [9.17, 15) is 4.79 Å². The van der Waals surface area contributed by atoms with Gasteiger partial charge in [0, 0.05) is 41.8 Å². The second-order valence-electron chi connectivity index (χ2n) is 10.6. The normalized spacial score (nSPS) is 19.1. The van der Waals surface area contributed by atoms with Crippen molar-refractivity contribution in [1.29, 1.82) is 0 Å². The summed E-state index contributed by atoms with van der Waals surface area (Å²) in [5.74, 6) is 1.34. The fourth-order valence-electron chi connectivity index (χ4n) is 5.66. The van der Waals surface area contributed by atoms with Crippen molar-refractivity contribution in [1.82, 2.24) is 15.3 Å². The number of carbonyl (C=O) groups is 1. The molecular formula is C30H35Cl2N5O. The third-order valence-electron chi connectivity index (χ3n) is 7.66. The number of aromatic nitrogens is 2. The topological polar surface area (TPSA) is 70.2 Å². The number of nitrogens with one attached hydrogen (secondary N) is 2. The van der Waals surface area contributed by atoms with Crippen LogP contribution in [0.25, 0.3) is 0 Å². The summed E-state index contributed by atoms with van der Waals surface area (Å²) in [6.45, 7) is 0. The molecule has 8 heteroatoms. The van der Waals surface area contributed by atoms with Crippen molar-refractivity contribution < 1.29 is 4.79 Å². The molecule has 6 nitrogen and oxygen atoms in total. The molecule has 2 N–H and O–H groups in total. The Labute approximate surface area is 235 Å². The van der Waals surface area contributed by atoms with Crippen molar-refractivity contribution in [3.8, 4) is 0 Å². The Hall–Kier alpha value is -2.83. The van der Waals surface area contributed by atoms with Crippen LogP contribution in [0.3, 0.4) is 0 Å². The molecule has 1 aromatic heterocycles. The van der Waals surface area contributed by atoms with Gasteiger partial charge in [0.1, 0.15) is 5.82 Å². The van der Waals surface area contributed by atoms with E-state index < -0.39 is 5.92 Å². The first-order chi connectivity index (χ1) is 18.4. The number of fused-ring (bicyclic) bond motifs is 1. The van der Waals surface area contributed by atoms with E-state index in [1.54, 1.807) is 0 Å². The van der Waals surface area contributed by atoms with Gasteiger partial charge in [0.2, 0.25) is 11.9 Å². The molecule has 200 valence electrons. The molecule has 1 amide bonds. The molecule has 0 bridgehead atoms. The summed E-state index contributed by atoms with van der Waals surface area (Å²) in [5, 5.41) is 8.22. The molecule has 0 unspecified atom stereocenters. The Morgan fingerprint density at radius 1 is 0.842 bits per heavy atom. The smallest absolute Gasteiger partial charge is 0.232 e. The average Bonchev–Trinajstić information content (AvgIpc) is 2.91. The van der Waals surface area contributed by atoms with Crippen molar-refractivity contribution in [2.45, 2.75) is 69.4 Å². The van der Waals surface area contributed by atoms with E-state index >= 15 is 0 Å². The predicted octanol–water partition coefficient (Wildman–Crippen LogP) is 6.40. The quantitative estimate of drug-likeness (QED) is 0.355. The monoisotopic (exact) mass is 551 g/mol. The van der Waals surface area contributed by atoms with Crippen molar-refractivity contribution >= 4 is 40.9 Å². The Balaban J connectivity index is 1.23. The molecule has 1 fully saturated rings. The summed E-state index contributed by atoms with van der Waals surface area (Å²) in [6.07, 6.45) is 8.19. The molecule has 0 aliphatic heterocycles. The van der Waals surface area contributed by atoms with Crippen LogP contribution in [0.5, 0.6) is 0 Å². The molecule has 2 aliphatic rings. The first-order valence-electron chi connectivity index (χ1n) is 13.5. The van der Waals surface area contributed by atoms with Crippen LogP contribution in [0.15, 0.2) is 48.5 Å². The van der Waals surface area contributed by atoms with Gasteiger partial charge in [0.25, 0.3) is 0 Å². The van der Waals surface area contributed by atoms with Gasteiger partial charge in [0.15, 0.2) is 0 Å². The summed E-state index contributed by atoms with van der Waals surface area (Å²) >= 11 is 12.2. The highest BCUT2D eigenvalue weighted by Crippen LogP contribution is 2.31. The third kappa shape index (κ3) is 6.24. The maximum Gasteiger partial charge on any atom is 0.232 e. The summed E-state index contributed by atoms with van der Waals surface area (Å²) < 4.78 is 0. The molecule has 0 saturated heterocycles. The molecule has 2 aliphatic carbocycles. The number of halogens is 2. The second kappa shape index (κ2) is 11.9. The standard InChI is InChI=1S/C30H35Cl2N5O/c1-37(2)28-25-5-3-4-6-26(25)35-30(36-28)34-24-17-15-23(16-18-24)33-29(38)27(19-7-11-21(31)12-8-19)20-9-13-22(32)14-10-20/h7-14,23-24,27H,3-6,15-18H2,1-2H3,(H,33,38)(H,34,35,36)/t23-,24+. The molecule has 5 rings (SSSR count). The molecule has 0 spiro atoms. The minimum absolute atomic E-state index is 0.000278. The number of aryl methyl sites for hydroxylation is 1. The van der Waals surface area contributed by atoms with Gasteiger partial charge in [-0.15, -0.1) is 0 Å². The predicted molar refractivity (Wildman–Crippen MR) is 156 cm³/mol. The highest BCUT2D eigenvalue weighted by molar-refractivity contribution is 6.30. The van der Waals surface area contributed by atoms with E-state index in [2.05, 4.69) is 29.6 Å². The van der Waals surface area contributed by atoms with Crippen LogP contribution in [0.4, 0.5) is 11.8 Å². The van der Waals surface area contributed by atoms with E-state index in [-0.39, 0.29) is 11.9 Å². The molecule has 3 aromatic rings. The SMILES string of the molecule is CN(C)c1nc(N[C@H]2CC[C@@H](NC(=O)C(c3ccc(Cl)cc3)c3ccc(Cl)cc3)CC2)nc2c1CCCC2. The van der Waals surface area contributed by atoms with Gasteiger partial charge >= 0.3 is 0 Å². The number of hydrogen-bond donors (Lipinski definition) is 2. The number of amides is 1. The molecule has 0 radical (unpaired) electrons. The van der Waals surface area contributed by atoms with E-state index in [1.807, 2.05) is 48.5 Å². The Morgan fingerprint density at radius 3 is 1.97 bits per heavy atom.